The van der Waals surface area contributed by atoms with Gasteiger partial charge >= 0.3 is 0 Å². The van der Waals surface area contributed by atoms with E-state index in [1.165, 1.54) is 0 Å². The second kappa shape index (κ2) is 7.58. The van der Waals surface area contributed by atoms with Crippen LogP contribution < -0.4 is 15.4 Å². The largest absolute Gasteiger partial charge is 0.490 e. The first-order valence-corrected chi connectivity index (χ1v) is 7.96. The van der Waals surface area contributed by atoms with Gasteiger partial charge in [-0.1, -0.05) is 12.1 Å². The second-order valence-electron chi connectivity index (χ2n) is 5.98. The van der Waals surface area contributed by atoms with Crippen molar-refractivity contribution in [3.8, 4) is 5.75 Å². The lowest BCUT2D eigenvalue weighted by Crippen LogP contribution is -2.41. The van der Waals surface area contributed by atoms with Crippen LogP contribution in [0, 0.1) is 0 Å². The molecule has 0 spiro atoms. The molecular weight excluding hydrogens is 354 g/mol. The van der Waals surface area contributed by atoms with Gasteiger partial charge in [-0.15, -0.1) is 12.4 Å². The Morgan fingerprint density at radius 3 is 2.92 bits per heavy atom. The van der Waals surface area contributed by atoms with E-state index in [9.17, 15) is 13.6 Å². The van der Waals surface area contributed by atoms with Crippen molar-refractivity contribution in [1.29, 1.82) is 0 Å². The topological polar surface area (TPSA) is 63.5 Å². The van der Waals surface area contributed by atoms with Crippen LogP contribution in [0.15, 0.2) is 28.7 Å². The molecule has 0 aliphatic carbocycles. The van der Waals surface area contributed by atoms with Gasteiger partial charge in [0.05, 0.1) is 25.2 Å². The van der Waals surface area contributed by atoms with Crippen LogP contribution in [-0.2, 0) is 4.79 Å². The van der Waals surface area contributed by atoms with Gasteiger partial charge in [0, 0.05) is 11.8 Å². The lowest BCUT2D eigenvalue weighted by molar-refractivity contribution is -0.124. The van der Waals surface area contributed by atoms with E-state index in [1.54, 1.807) is 6.92 Å². The molecule has 0 radical (unpaired) electrons. The van der Waals surface area contributed by atoms with E-state index >= 15 is 0 Å². The van der Waals surface area contributed by atoms with Crippen LogP contribution in [0.3, 0.4) is 0 Å². The first kappa shape index (κ1) is 19.5. The molecule has 1 saturated heterocycles. The van der Waals surface area contributed by atoms with Crippen molar-refractivity contribution >= 4 is 29.3 Å². The van der Waals surface area contributed by atoms with Gasteiger partial charge in [-0.3, -0.25) is 10.1 Å². The zero-order chi connectivity index (χ0) is 17.3. The average molecular weight is 375 g/mol. The summed E-state index contributed by atoms with van der Waals surface area (Å²) in [6.07, 6.45) is -0.486. The van der Waals surface area contributed by atoms with Crippen LogP contribution in [0.2, 0.25) is 0 Å². The number of carbonyl (C=O) groups excluding carboxylic acids is 1. The Morgan fingerprint density at radius 1 is 1.52 bits per heavy atom. The third-order valence-electron chi connectivity index (χ3n) is 4.04. The quantitative estimate of drug-likeness (QED) is 0.841. The smallest absolute Gasteiger partial charge is 0.262 e. The fourth-order valence-corrected chi connectivity index (χ4v) is 2.82. The molecule has 1 aliphatic heterocycles. The number of ether oxygens (including phenoxy) is 1. The molecule has 1 fully saturated rings. The lowest BCUT2D eigenvalue weighted by atomic mass is 10.1. The summed E-state index contributed by atoms with van der Waals surface area (Å²) in [7, 11) is 0. The molecular formula is C17H21ClF2N2O3. The van der Waals surface area contributed by atoms with Gasteiger partial charge in [-0.25, -0.2) is 8.78 Å². The van der Waals surface area contributed by atoms with Crippen molar-refractivity contribution in [2.45, 2.75) is 38.3 Å². The van der Waals surface area contributed by atoms with Gasteiger partial charge in [0.2, 0.25) is 5.91 Å². The van der Waals surface area contributed by atoms with Crippen LogP contribution in [0.4, 0.5) is 8.78 Å². The highest BCUT2D eigenvalue weighted by molar-refractivity contribution is 5.85. The normalized spacial score (nSPS) is 20.1. The Hall–Kier alpha value is -1.86. The molecule has 2 unspecified atom stereocenters. The molecule has 2 atom stereocenters. The number of nitrogens with one attached hydrogen (secondary N) is 2. The Kier molecular flexibility index (Phi) is 5.90. The molecule has 0 saturated carbocycles. The number of hydrogen-bond donors (Lipinski definition) is 2. The van der Waals surface area contributed by atoms with Crippen LogP contribution in [0.1, 0.15) is 32.1 Å². The highest BCUT2D eigenvalue weighted by Crippen LogP contribution is 2.31. The molecule has 1 amide bonds. The van der Waals surface area contributed by atoms with Crippen molar-refractivity contribution in [2.75, 3.05) is 13.2 Å². The SMILES string of the molecule is CCOc1cccc2cc(C(C)NC(=O)C3CC(F)(F)CN3)oc12.Cl. The molecule has 8 heteroatoms. The van der Waals surface area contributed by atoms with Crippen molar-refractivity contribution in [1.82, 2.24) is 10.6 Å². The highest BCUT2D eigenvalue weighted by atomic mass is 35.5. The van der Waals surface area contributed by atoms with E-state index in [-0.39, 0.29) is 12.4 Å². The number of furan rings is 1. The summed E-state index contributed by atoms with van der Waals surface area (Å²) in [6, 6.07) is 6.06. The van der Waals surface area contributed by atoms with Gasteiger partial charge in [0.1, 0.15) is 5.76 Å². The third kappa shape index (κ3) is 4.22. The average Bonchev–Trinajstić information content (AvgIpc) is 3.11. The van der Waals surface area contributed by atoms with Gasteiger partial charge in [-0.05, 0) is 26.0 Å². The maximum absolute atomic E-state index is 13.2. The Balaban J connectivity index is 0.00000225. The van der Waals surface area contributed by atoms with Gasteiger partial charge < -0.3 is 14.5 Å². The van der Waals surface area contributed by atoms with E-state index in [4.69, 9.17) is 9.15 Å². The number of para-hydroxylation sites is 1. The molecule has 5 nitrogen and oxygen atoms in total. The summed E-state index contributed by atoms with van der Waals surface area (Å²) in [5.41, 5.74) is 0.612. The van der Waals surface area contributed by atoms with E-state index < -0.39 is 36.9 Å². The summed E-state index contributed by atoms with van der Waals surface area (Å²) in [6.45, 7) is 3.68. The van der Waals surface area contributed by atoms with Gasteiger partial charge in [0.15, 0.2) is 11.3 Å². The number of hydrogen-bond acceptors (Lipinski definition) is 4. The fraction of sp³-hybridized carbons (Fsp3) is 0.471. The Bertz CT molecular complexity index is 751. The first-order valence-electron chi connectivity index (χ1n) is 7.96. The monoisotopic (exact) mass is 374 g/mol. The van der Waals surface area contributed by atoms with Crippen LogP contribution >= 0.6 is 12.4 Å². The van der Waals surface area contributed by atoms with E-state index in [1.807, 2.05) is 31.2 Å². The highest BCUT2D eigenvalue weighted by Gasteiger charge is 2.42. The number of rotatable bonds is 5. The van der Waals surface area contributed by atoms with E-state index in [2.05, 4.69) is 10.6 Å². The number of carbonyl (C=O) groups is 1. The molecule has 2 N–H and O–H groups in total. The molecule has 1 aromatic carbocycles. The Labute approximate surface area is 150 Å². The third-order valence-corrected chi connectivity index (χ3v) is 4.04. The van der Waals surface area contributed by atoms with Crippen LogP contribution in [-0.4, -0.2) is 31.0 Å². The lowest BCUT2D eigenvalue weighted by Gasteiger charge is -2.15. The number of fused-ring (bicyclic) bond motifs is 1. The minimum absolute atomic E-state index is 0. The molecule has 1 aromatic heterocycles. The maximum Gasteiger partial charge on any atom is 0.262 e. The number of benzene rings is 1. The molecule has 3 rings (SSSR count). The van der Waals surface area contributed by atoms with Crippen molar-refractivity contribution in [2.24, 2.45) is 0 Å². The predicted octanol–water partition coefficient (Wildman–Crippen LogP) is 3.43. The van der Waals surface area contributed by atoms with Crippen molar-refractivity contribution in [3.63, 3.8) is 0 Å². The van der Waals surface area contributed by atoms with Crippen LogP contribution in [0.5, 0.6) is 5.75 Å². The van der Waals surface area contributed by atoms with Crippen LogP contribution in [0.25, 0.3) is 11.0 Å². The molecule has 138 valence electrons. The molecule has 2 aromatic rings. The maximum atomic E-state index is 13.2. The molecule has 25 heavy (non-hydrogen) atoms. The standard InChI is InChI=1S/C17H20F2N2O3.ClH/c1-3-23-13-6-4-5-11-7-14(24-15(11)13)10(2)21-16(22)12-8-17(18,19)9-20-12;/h4-7,10,12,20H,3,8-9H2,1-2H3,(H,21,22);1H. The van der Waals surface area contributed by atoms with E-state index in [0.717, 1.165) is 5.39 Å². The molecule has 2 heterocycles. The van der Waals surface area contributed by atoms with Crippen molar-refractivity contribution < 1.29 is 22.7 Å². The van der Waals surface area contributed by atoms with Gasteiger partial charge in [-0.2, -0.15) is 0 Å². The minimum atomic E-state index is -2.84. The van der Waals surface area contributed by atoms with E-state index in [0.29, 0.717) is 23.7 Å². The Morgan fingerprint density at radius 2 is 2.28 bits per heavy atom. The fourth-order valence-electron chi connectivity index (χ4n) is 2.82. The predicted molar refractivity (Wildman–Crippen MR) is 92.5 cm³/mol. The number of alkyl halides is 2. The second-order valence-corrected chi connectivity index (χ2v) is 5.98. The summed E-state index contributed by atoms with van der Waals surface area (Å²) < 4.78 is 37.7. The number of amides is 1. The minimum Gasteiger partial charge on any atom is -0.490 e. The summed E-state index contributed by atoms with van der Waals surface area (Å²) >= 11 is 0. The zero-order valence-electron chi connectivity index (χ0n) is 14.0. The summed E-state index contributed by atoms with van der Waals surface area (Å²) in [5.74, 6) is -2.10. The summed E-state index contributed by atoms with van der Waals surface area (Å²) in [5, 5.41) is 6.13. The summed E-state index contributed by atoms with van der Waals surface area (Å²) in [4.78, 5) is 12.1. The zero-order valence-corrected chi connectivity index (χ0v) is 14.8. The van der Waals surface area contributed by atoms with Gasteiger partial charge in [0.25, 0.3) is 5.92 Å². The molecule has 0 bridgehead atoms. The molecule has 1 aliphatic rings. The van der Waals surface area contributed by atoms with Crippen molar-refractivity contribution in [3.05, 3.63) is 30.0 Å². The first-order chi connectivity index (χ1) is 11.4. The number of halogens is 3.